The largest absolute Gasteiger partial charge is 0.459 e. The van der Waals surface area contributed by atoms with Crippen LogP contribution in [0, 0.1) is 6.92 Å². The maximum Gasteiger partial charge on any atom is 0.291 e. The van der Waals surface area contributed by atoms with Gasteiger partial charge >= 0.3 is 0 Å². The van der Waals surface area contributed by atoms with Gasteiger partial charge in [0.2, 0.25) is 10.0 Å². The molecule has 0 unspecified atom stereocenters. The van der Waals surface area contributed by atoms with E-state index >= 15 is 0 Å². The van der Waals surface area contributed by atoms with Gasteiger partial charge in [0.05, 0.1) is 11.2 Å². The first-order valence-electron chi connectivity index (χ1n) is 11.7. The molecule has 2 aliphatic rings. The van der Waals surface area contributed by atoms with Crippen molar-refractivity contribution in [3.63, 3.8) is 0 Å². The Morgan fingerprint density at radius 3 is 2.51 bits per heavy atom. The number of carbonyl (C=O) groups excluding carboxylic acids is 2. The smallest absolute Gasteiger partial charge is 0.291 e. The Balaban J connectivity index is 1.37. The van der Waals surface area contributed by atoms with Crippen LogP contribution >= 0.6 is 0 Å². The van der Waals surface area contributed by atoms with Crippen molar-refractivity contribution in [3.8, 4) is 0 Å². The van der Waals surface area contributed by atoms with Crippen molar-refractivity contribution in [2.45, 2.75) is 37.5 Å². The van der Waals surface area contributed by atoms with E-state index in [-0.39, 0.29) is 16.6 Å². The van der Waals surface area contributed by atoms with Crippen LogP contribution in [0.4, 0.5) is 11.4 Å². The number of carbonyl (C=O) groups is 2. The van der Waals surface area contributed by atoms with E-state index in [2.05, 4.69) is 5.32 Å². The molecule has 0 aliphatic carbocycles. The lowest BCUT2D eigenvalue weighted by atomic mass is 10.1. The van der Waals surface area contributed by atoms with Crippen molar-refractivity contribution in [2.24, 2.45) is 0 Å². The molecule has 35 heavy (non-hydrogen) atoms. The molecular formula is C26H27N3O5S. The van der Waals surface area contributed by atoms with Gasteiger partial charge in [-0.1, -0.05) is 12.5 Å². The summed E-state index contributed by atoms with van der Waals surface area (Å²) in [5, 5.41) is 2.80. The van der Waals surface area contributed by atoms with Gasteiger partial charge in [-0.15, -0.1) is 0 Å². The Morgan fingerprint density at radius 1 is 0.971 bits per heavy atom. The first-order valence-corrected chi connectivity index (χ1v) is 13.2. The molecule has 8 nitrogen and oxygen atoms in total. The number of piperidine rings is 1. The molecule has 0 spiro atoms. The molecule has 1 aromatic heterocycles. The van der Waals surface area contributed by atoms with Gasteiger partial charge in [0.25, 0.3) is 11.8 Å². The van der Waals surface area contributed by atoms with Crippen LogP contribution in [0.1, 0.15) is 51.3 Å². The number of benzene rings is 2. The highest BCUT2D eigenvalue weighted by Crippen LogP contribution is 2.33. The van der Waals surface area contributed by atoms with E-state index in [0.29, 0.717) is 43.0 Å². The number of sulfonamides is 1. The Hall–Kier alpha value is -3.43. The second kappa shape index (κ2) is 9.31. The number of furan rings is 1. The molecule has 2 aromatic carbocycles. The van der Waals surface area contributed by atoms with Gasteiger partial charge in [-0.3, -0.25) is 9.59 Å². The molecule has 1 fully saturated rings. The number of anilines is 2. The predicted molar refractivity (Wildman–Crippen MR) is 132 cm³/mol. The van der Waals surface area contributed by atoms with Crippen LogP contribution in [0.25, 0.3) is 0 Å². The highest BCUT2D eigenvalue weighted by molar-refractivity contribution is 7.89. The molecule has 0 saturated carbocycles. The van der Waals surface area contributed by atoms with Crippen LogP contribution in [0.5, 0.6) is 0 Å². The van der Waals surface area contributed by atoms with E-state index in [4.69, 9.17) is 4.42 Å². The maximum atomic E-state index is 13.4. The molecular weight excluding hydrogens is 466 g/mol. The predicted octanol–water partition coefficient (Wildman–Crippen LogP) is 4.22. The van der Waals surface area contributed by atoms with E-state index in [9.17, 15) is 18.0 Å². The average molecular weight is 494 g/mol. The normalized spacial score (nSPS) is 16.2. The van der Waals surface area contributed by atoms with Crippen molar-refractivity contribution in [1.82, 2.24) is 4.31 Å². The summed E-state index contributed by atoms with van der Waals surface area (Å²) in [4.78, 5) is 27.7. The summed E-state index contributed by atoms with van der Waals surface area (Å²) in [5.74, 6) is -0.412. The van der Waals surface area contributed by atoms with Crippen molar-refractivity contribution in [1.29, 1.82) is 0 Å². The number of nitrogens with zero attached hydrogens (tertiary/aromatic N) is 2. The summed E-state index contributed by atoms with van der Waals surface area (Å²) in [6.07, 6.45) is 4.83. The molecule has 1 N–H and O–H groups in total. The highest BCUT2D eigenvalue weighted by Gasteiger charge is 2.30. The number of rotatable bonds is 5. The monoisotopic (exact) mass is 493 g/mol. The third-order valence-corrected chi connectivity index (χ3v) is 8.52. The van der Waals surface area contributed by atoms with Gasteiger partial charge < -0.3 is 14.6 Å². The van der Waals surface area contributed by atoms with Crippen LogP contribution in [-0.2, 0) is 16.4 Å². The molecule has 1 saturated heterocycles. The fourth-order valence-electron chi connectivity index (χ4n) is 4.64. The fourth-order valence-corrected chi connectivity index (χ4v) is 6.21. The molecule has 2 aliphatic heterocycles. The SMILES string of the molecule is Cc1ccc(C(=O)N2CCc3cc(S(=O)(=O)N4CCCCC4)ccc32)cc1NC(=O)c1ccco1. The van der Waals surface area contributed by atoms with Gasteiger partial charge in [-0.2, -0.15) is 4.31 Å². The summed E-state index contributed by atoms with van der Waals surface area (Å²) in [7, 11) is -3.53. The number of amides is 2. The van der Waals surface area contributed by atoms with Crippen molar-refractivity contribution in [3.05, 3.63) is 77.2 Å². The minimum absolute atomic E-state index is 0.185. The second-order valence-electron chi connectivity index (χ2n) is 8.92. The zero-order valence-electron chi connectivity index (χ0n) is 19.5. The molecule has 3 aromatic rings. The number of hydrogen-bond acceptors (Lipinski definition) is 5. The second-order valence-corrected chi connectivity index (χ2v) is 10.9. The number of aryl methyl sites for hydroxylation is 1. The zero-order valence-corrected chi connectivity index (χ0v) is 20.3. The third-order valence-electron chi connectivity index (χ3n) is 6.62. The topological polar surface area (TPSA) is 99.9 Å². The lowest BCUT2D eigenvalue weighted by molar-refractivity contribution is 0.0982. The highest BCUT2D eigenvalue weighted by atomic mass is 32.2. The first kappa shape index (κ1) is 23.3. The molecule has 0 radical (unpaired) electrons. The number of nitrogens with one attached hydrogen (secondary N) is 1. The Kier molecular flexibility index (Phi) is 6.21. The molecule has 0 atom stereocenters. The molecule has 9 heteroatoms. The van der Waals surface area contributed by atoms with Crippen LogP contribution < -0.4 is 10.2 Å². The van der Waals surface area contributed by atoms with Crippen LogP contribution in [0.3, 0.4) is 0 Å². The van der Waals surface area contributed by atoms with Crippen molar-refractivity contribution < 1.29 is 22.4 Å². The lowest BCUT2D eigenvalue weighted by Gasteiger charge is -2.26. The molecule has 0 bridgehead atoms. The minimum atomic E-state index is -3.53. The summed E-state index contributed by atoms with van der Waals surface area (Å²) in [5.41, 5.74) is 3.34. The number of fused-ring (bicyclic) bond motifs is 1. The number of hydrogen-bond donors (Lipinski definition) is 1. The van der Waals surface area contributed by atoms with E-state index in [1.165, 1.54) is 6.26 Å². The van der Waals surface area contributed by atoms with Crippen molar-refractivity contribution >= 4 is 33.2 Å². The Labute approximate surface area is 204 Å². The quantitative estimate of drug-likeness (QED) is 0.574. The summed E-state index contributed by atoms with van der Waals surface area (Å²) < 4.78 is 32.8. The Morgan fingerprint density at radius 2 is 1.77 bits per heavy atom. The zero-order chi connectivity index (χ0) is 24.6. The maximum absolute atomic E-state index is 13.4. The lowest BCUT2D eigenvalue weighted by Crippen LogP contribution is -2.35. The molecule has 3 heterocycles. The Bertz CT molecular complexity index is 1380. The fraction of sp³-hybridized carbons (Fsp3) is 0.308. The average Bonchev–Trinajstić information content (AvgIpc) is 3.55. The minimum Gasteiger partial charge on any atom is -0.459 e. The molecule has 5 rings (SSSR count). The van der Waals surface area contributed by atoms with Gasteiger partial charge in [0, 0.05) is 36.6 Å². The van der Waals surface area contributed by atoms with E-state index in [1.807, 2.05) is 6.92 Å². The first-order chi connectivity index (χ1) is 16.8. The van der Waals surface area contributed by atoms with Gasteiger partial charge in [-0.05, 0) is 79.8 Å². The van der Waals surface area contributed by atoms with Gasteiger partial charge in [-0.25, -0.2) is 8.42 Å². The van der Waals surface area contributed by atoms with Gasteiger partial charge in [0.1, 0.15) is 0 Å². The van der Waals surface area contributed by atoms with E-state index < -0.39 is 15.9 Å². The summed E-state index contributed by atoms with van der Waals surface area (Å²) in [6, 6.07) is 13.4. The van der Waals surface area contributed by atoms with Gasteiger partial charge in [0.15, 0.2) is 5.76 Å². The summed E-state index contributed by atoms with van der Waals surface area (Å²) >= 11 is 0. The van der Waals surface area contributed by atoms with E-state index in [1.54, 1.807) is 57.7 Å². The molecule has 2 amide bonds. The van der Waals surface area contributed by atoms with Crippen LogP contribution in [0.2, 0.25) is 0 Å². The molecule has 182 valence electrons. The van der Waals surface area contributed by atoms with Crippen LogP contribution in [-0.4, -0.2) is 44.2 Å². The van der Waals surface area contributed by atoms with Crippen LogP contribution in [0.15, 0.2) is 64.1 Å². The standard InChI is InChI=1S/C26H27N3O5S/c1-18-7-8-20(17-22(18)27-25(30)24-6-5-15-34-24)26(31)29-14-11-19-16-21(9-10-23(19)29)35(32,33)28-12-3-2-4-13-28/h5-10,15-17H,2-4,11-14H2,1H3,(H,27,30). The van der Waals surface area contributed by atoms with E-state index in [0.717, 1.165) is 30.4 Å². The summed E-state index contributed by atoms with van der Waals surface area (Å²) in [6.45, 7) is 3.41. The third kappa shape index (κ3) is 4.49. The van der Waals surface area contributed by atoms with Crippen molar-refractivity contribution in [2.75, 3.05) is 29.9 Å².